The summed E-state index contributed by atoms with van der Waals surface area (Å²) in [6.07, 6.45) is 3.06. The van der Waals surface area contributed by atoms with E-state index in [0.717, 1.165) is 30.3 Å². The molecule has 2 rings (SSSR count). The third-order valence-corrected chi connectivity index (χ3v) is 3.36. The van der Waals surface area contributed by atoms with Gasteiger partial charge < -0.3 is 4.98 Å². The Kier molecular flexibility index (Phi) is 4.43. The van der Waals surface area contributed by atoms with Crippen LogP contribution in [0.2, 0.25) is 5.02 Å². The number of aromatic nitrogens is 2. The number of halogens is 1. The summed E-state index contributed by atoms with van der Waals surface area (Å²) in [6.45, 7) is 4.05. The lowest BCUT2D eigenvalue weighted by molar-refractivity contribution is -0.119. The molecule has 0 saturated carbocycles. The van der Waals surface area contributed by atoms with Crippen LogP contribution in [0.5, 0.6) is 0 Å². The maximum Gasteiger partial charge on any atom is 0.229 e. The van der Waals surface area contributed by atoms with Crippen LogP contribution >= 0.6 is 11.6 Å². The highest BCUT2D eigenvalue weighted by Crippen LogP contribution is 2.19. The molecule has 1 aromatic carbocycles. The summed E-state index contributed by atoms with van der Waals surface area (Å²) in [5.74, 6) is 0.473. The topological polar surface area (TPSA) is 57.8 Å². The minimum atomic E-state index is -0.00301. The van der Waals surface area contributed by atoms with Gasteiger partial charge in [0.2, 0.25) is 11.9 Å². The van der Waals surface area contributed by atoms with E-state index >= 15 is 0 Å². The summed E-state index contributed by atoms with van der Waals surface area (Å²) in [4.78, 5) is 19.3. The predicted octanol–water partition coefficient (Wildman–Crippen LogP) is 3.98. The number of amides is 1. The standard InChI is InChI=1S/C14H18ClN3O/c1-3-4-5-9(2)13(19)18-14-16-11-7-6-10(15)8-12(11)17-14/h6-9H,3-5H2,1-2H3,(H2,16,17,18,19). The van der Waals surface area contributed by atoms with Crippen molar-refractivity contribution in [2.24, 2.45) is 5.92 Å². The number of anilines is 1. The van der Waals surface area contributed by atoms with Gasteiger partial charge in [-0.15, -0.1) is 0 Å². The Morgan fingerprint density at radius 3 is 3.05 bits per heavy atom. The number of imidazole rings is 1. The van der Waals surface area contributed by atoms with Crippen molar-refractivity contribution in [1.29, 1.82) is 0 Å². The number of carbonyl (C=O) groups excluding carboxylic acids is 1. The molecular formula is C14H18ClN3O. The molecule has 0 aliphatic rings. The van der Waals surface area contributed by atoms with E-state index in [2.05, 4.69) is 22.2 Å². The van der Waals surface area contributed by atoms with Gasteiger partial charge in [-0.25, -0.2) is 4.98 Å². The van der Waals surface area contributed by atoms with Gasteiger partial charge in [0.15, 0.2) is 0 Å². The largest absolute Gasteiger partial charge is 0.324 e. The maximum atomic E-state index is 12.0. The third kappa shape index (κ3) is 3.47. The van der Waals surface area contributed by atoms with Crippen LogP contribution < -0.4 is 5.32 Å². The summed E-state index contributed by atoms with van der Waals surface area (Å²) in [7, 11) is 0. The number of nitrogens with zero attached hydrogens (tertiary/aromatic N) is 1. The van der Waals surface area contributed by atoms with Gasteiger partial charge in [0, 0.05) is 10.9 Å². The van der Waals surface area contributed by atoms with Crippen LogP contribution in [0.15, 0.2) is 18.2 Å². The Labute approximate surface area is 117 Å². The number of rotatable bonds is 5. The van der Waals surface area contributed by atoms with Crippen LogP contribution in [0.1, 0.15) is 33.1 Å². The lowest BCUT2D eigenvalue weighted by atomic mass is 10.0. The van der Waals surface area contributed by atoms with Gasteiger partial charge in [-0.05, 0) is 24.6 Å². The van der Waals surface area contributed by atoms with E-state index in [-0.39, 0.29) is 11.8 Å². The van der Waals surface area contributed by atoms with Gasteiger partial charge in [0.25, 0.3) is 0 Å². The van der Waals surface area contributed by atoms with Crippen molar-refractivity contribution in [3.05, 3.63) is 23.2 Å². The van der Waals surface area contributed by atoms with Crippen LogP contribution in [0.3, 0.4) is 0 Å². The molecule has 0 spiro atoms. The van der Waals surface area contributed by atoms with Crippen molar-refractivity contribution in [2.45, 2.75) is 33.1 Å². The first kappa shape index (κ1) is 13.9. The van der Waals surface area contributed by atoms with Crippen molar-refractivity contribution in [2.75, 3.05) is 5.32 Å². The zero-order valence-electron chi connectivity index (χ0n) is 11.2. The Morgan fingerprint density at radius 2 is 2.32 bits per heavy atom. The highest BCUT2D eigenvalue weighted by molar-refractivity contribution is 6.31. The minimum absolute atomic E-state index is 0.00129. The molecule has 0 bridgehead atoms. The molecule has 0 fully saturated rings. The molecule has 0 aliphatic heterocycles. The Bertz CT molecular complexity index is 579. The number of H-pyrrole nitrogens is 1. The van der Waals surface area contributed by atoms with E-state index in [9.17, 15) is 4.79 Å². The van der Waals surface area contributed by atoms with E-state index in [1.54, 1.807) is 12.1 Å². The number of aromatic amines is 1. The number of nitrogens with one attached hydrogen (secondary N) is 2. The lowest BCUT2D eigenvalue weighted by Gasteiger charge is -2.09. The number of fused-ring (bicyclic) bond motifs is 1. The fraction of sp³-hybridized carbons (Fsp3) is 0.429. The maximum absolute atomic E-state index is 12.0. The van der Waals surface area contributed by atoms with E-state index < -0.39 is 0 Å². The molecule has 102 valence electrons. The molecular weight excluding hydrogens is 262 g/mol. The smallest absolute Gasteiger partial charge is 0.229 e. The Balaban J connectivity index is 2.06. The van der Waals surface area contributed by atoms with Gasteiger partial charge in [0.05, 0.1) is 11.0 Å². The van der Waals surface area contributed by atoms with Crippen molar-refractivity contribution >= 4 is 34.5 Å². The first-order valence-electron chi connectivity index (χ1n) is 6.56. The summed E-state index contributed by atoms with van der Waals surface area (Å²) >= 11 is 5.91. The molecule has 2 aromatic rings. The third-order valence-electron chi connectivity index (χ3n) is 3.12. The van der Waals surface area contributed by atoms with Crippen LogP contribution in [0.4, 0.5) is 5.95 Å². The lowest BCUT2D eigenvalue weighted by Crippen LogP contribution is -2.20. The van der Waals surface area contributed by atoms with Crippen LogP contribution in [0, 0.1) is 5.92 Å². The Hall–Kier alpha value is -1.55. The molecule has 4 nitrogen and oxygen atoms in total. The van der Waals surface area contributed by atoms with Crippen molar-refractivity contribution in [3.63, 3.8) is 0 Å². The average Bonchev–Trinajstić information content (AvgIpc) is 2.77. The van der Waals surface area contributed by atoms with Crippen LogP contribution in [-0.2, 0) is 4.79 Å². The molecule has 1 aromatic heterocycles. The van der Waals surface area contributed by atoms with Crippen LogP contribution in [-0.4, -0.2) is 15.9 Å². The van der Waals surface area contributed by atoms with Gasteiger partial charge in [-0.3, -0.25) is 10.1 Å². The first-order valence-corrected chi connectivity index (χ1v) is 6.94. The molecule has 1 amide bonds. The monoisotopic (exact) mass is 279 g/mol. The molecule has 0 radical (unpaired) electrons. The number of unbranched alkanes of at least 4 members (excludes halogenated alkanes) is 1. The fourth-order valence-electron chi connectivity index (χ4n) is 1.92. The highest BCUT2D eigenvalue weighted by Gasteiger charge is 2.14. The zero-order valence-corrected chi connectivity index (χ0v) is 11.9. The molecule has 5 heteroatoms. The average molecular weight is 280 g/mol. The number of hydrogen-bond acceptors (Lipinski definition) is 2. The summed E-state index contributed by atoms with van der Waals surface area (Å²) in [5, 5.41) is 3.45. The predicted molar refractivity (Wildman–Crippen MR) is 78.4 cm³/mol. The van der Waals surface area contributed by atoms with E-state index in [1.807, 2.05) is 13.0 Å². The van der Waals surface area contributed by atoms with Crippen molar-refractivity contribution in [1.82, 2.24) is 9.97 Å². The van der Waals surface area contributed by atoms with Gasteiger partial charge in [-0.1, -0.05) is 38.3 Å². The molecule has 19 heavy (non-hydrogen) atoms. The fourth-order valence-corrected chi connectivity index (χ4v) is 2.09. The van der Waals surface area contributed by atoms with Gasteiger partial charge in [-0.2, -0.15) is 0 Å². The normalized spacial score (nSPS) is 12.6. The van der Waals surface area contributed by atoms with Crippen LogP contribution in [0.25, 0.3) is 11.0 Å². The highest BCUT2D eigenvalue weighted by atomic mass is 35.5. The molecule has 1 unspecified atom stereocenters. The molecule has 0 aliphatic carbocycles. The second-order valence-electron chi connectivity index (χ2n) is 4.78. The van der Waals surface area contributed by atoms with E-state index in [4.69, 9.17) is 11.6 Å². The minimum Gasteiger partial charge on any atom is -0.324 e. The number of carbonyl (C=O) groups is 1. The second-order valence-corrected chi connectivity index (χ2v) is 5.22. The Morgan fingerprint density at radius 1 is 1.53 bits per heavy atom. The molecule has 1 atom stereocenters. The quantitative estimate of drug-likeness (QED) is 0.870. The first-order chi connectivity index (χ1) is 9.10. The molecule has 1 heterocycles. The molecule has 0 saturated heterocycles. The summed E-state index contributed by atoms with van der Waals surface area (Å²) in [5.41, 5.74) is 1.62. The van der Waals surface area contributed by atoms with Crippen molar-refractivity contribution in [3.8, 4) is 0 Å². The van der Waals surface area contributed by atoms with E-state index in [0.29, 0.717) is 11.0 Å². The SMILES string of the molecule is CCCCC(C)C(=O)Nc1nc2ccc(Cl)cc2[nH]1. The van der Waals surface area contributed by atoms with Crippen molar-refractivity contribution < 1.29 is 4.79 Å². The second kappa shape index (κ2) is 6.06. The zero-order chi connectivity index (χ0) is 13.8. The summed E-state index contributed by atoms with van der Waals surface area (Å²) in [6, 6.07) is 5.39. The summed E-state index contributed by atoms with van der Waals surface area (Å²) < 4.78 is 0. The van der Waals surface area contributed by atoms with E-state index in [1.165, 1.54) is 0 Å². The number of hydrogen-bond donors (Lipinski definition) is 2. The molecule has 2 N–H and O–H groups in total. The van der Waals surface area contributed by atoms with Gasteiger partial charge in [0.1, 0.15) is 0 Å². The van der Waals surface area contributed by atoms with Gasteiger partial charge >= 0.3 is 0 Å². The number of benzene rings is 1.